The van der Waals surface area contributed by atoms with Crippen molar-refractivity contribution < 1.29 is 4.42 Å². The van der Waals surface area contributed by atoms with Gasteiger partial charge in [-0.05, 0) is 76.1 Å². The SMILES string of the molecule is c1ccc2cc(-c3nc(-c4ccc5c(c4)sc4ccccc45)nc(-c4c(-n5c6ccccc6c6cc7ccccc7cc65)ccc5c4oc4ccccc45)n3)ccc2c1. The summed E-state index contributed by atoms with van der Waals surface area (Å²) in [6.07, 6.45) is 0. The molecule has 0 spiro atoms. The van der Waals surface area contributed by atoms with Gasteiger partial charge in [-0.3, -0.25) is 0 Å². The van der Waals surface area contributed by atoms with E-state index in [4.69, 9.17) is 19.4 Å². The van der Waals surface area contributed by atoms with E-state index in [2.05, 4.69) is 174 Å². The minimum atomic E-state index is 0.543. The Kier molecular flexibility index (Phi) is 6.82. The van der Waals surface area contributed by atoms with Crippen molar-refractivity contribution in [2.75, 3.05) is 0 Å². The maximum Gasteiger partial charge on any atom is 0.170 e. The molecule has 9 aromatic carbocycles. The zero-order valence-corrected chi connectivity index (χ0v) is 32.2. The van der Waals surface area contributed by atoms with Gasteiger partial charge in [0.1, 0.15) is 11.2 Å². The third kappa shape index (κ3) is 4.94. The van der Waals surface area contributed by atoms with Gasteiger partial charge in [0.15, 0.2) is 17.5 Å². The van der Waals surface area contributed by atoms with Crippen LogP contribution in [-0.4, -0.2) is 19.5 Å². The second-order valence-corrected chi connectivity index (χ2v) is 16.3. The van der Waals surface area contributed by atoms with Crippen LogP contribution in [0.5, 0.6) is 0 Å². The zero-order valence-electron chi connectivity index (χ0n) is 31.4. The summed E-state index contributed by atoms with van der Waals surface area (Å²) in [5.74, 6) is 1.74. The van der Waals surface area contributed by atoms with E-state index in [-0.39, 0.29) is 0 Å². The number of nitrogens with zero attached hydrogens (tertiary/aromatic N) is 4. The van der Waals surface area contributed by atoms with E-state index in [1.807, 2.05) is 12.1 Å². The molecule has 13 aromatic rings. The van der Waals surface area contributed by atoms with Gasteiger partial charge in [-0.1, -0.05) is 127 Å². The monoisotopic (exact) mass is 770 g/mol. The van der Waals surface area contributed by atoms with Gasteiger partial charge in [-0.25, -0.2) is 15.0 Å². The topological polar surface area (TPSA) is 56.7 Å². The van der Waals surface area contributed by atoms with Crippen LogP contribution in [0.25, 0.3) is 125 Å². The normalized spacial score (nSPS) is 12.1. The molecule has 0 saturated carbocycles. The van der Waals surface area contributed by atoms with Crippen LogP contribution in [0.15, 0.2) is 186 Å². The third-order valence-corrected chi connectivity index (χ3v) is 12.9. The first-order chi connectivity index (χ1) is 29.2. The largest absolute Gasteiger partial charge is 0.455 e. The lowest BCUT2D eigenvalue weighted by Crippen LogP contribution is -2.04. The summed E-state index contributed by atoms with van der Waals surface area (Å²) in [7, 11) is 0. The van der Waals surface area contributed by atoms with Crippen LogP contribution < -0.4 is 0 Å². The van der Waals surface area contributed by atoms with Gasteiger partial charge in [0, 0.05) is 52.8 Å². The first kappa shape index (κ1) is 32.4. The second kappa shape index (κ2) is 12.4. The molecule has 0 aliphatic carbocycles. The first-order valence-electron chi connectivity index (χ1n) is 19.8. The maximum atomic E-state index is 6.90. The van der Waals surface area contributed by atoms with Crippen LogP contribution >= 0.6 is 11.3 Å². The summed E-state index contributed by atoms with van der Waals surface area (Å²) in [6.45, 7) is 0. The van der Waals surface area contributed by atoms with E-state index in [1.54, 1.807) is 11.3 Å². The molecule has 5 nitrogen and oxygen atoms in total. The zero-order chi connectivity index (χ0) is 38.6. The molecule has 0 unspecified atom stereocenters. The van der Waals surface area contributed by atoms with Crippen LogP contribution in [0.1, 0.15) is 0 Å². The quantitative estimate of drug-likeness (QED) is 0.179. The fourth-order valence-corrected chi connectivity index (χ4v) is 10.2. The molecule has 0 N–H and O–H groups in total. The maximum absolute atomic E-state index is 6.90. The van der Waals surface area contributed by atoms with Crippen molar-refractivity contribution in [1.29, 1.82) is 0 Å². The number of para-hydroxylation sites is 2. The summed E-state index contributed by atoms with van der Waals surface area (Å²) in [4.78, 5) is 16.1. The summed E-state index contributed by atoms with van der Waals surface area (Å²) < 4.78 is 11.7. The summed E-state index contributed by atoms with van der Waals surface area (Å²) in [6, 6.07) is 64.5. The fourth-order valence-electron chi connectivity index (χ4n) is 9.03. The molecule has 4 heterocycles. The minimum Gasteiger partial charge on any atom is -0.455 e. The number of fused-ring (bicyclic) bond motifs is 11. The first-order valence-corrected chi connectivity index (χ1v) is 20.6. The van der Waals surface area contributed by atoms with Gasteiger partial charge in [0.2, 0.25) is 0 Å². The average molecular weight is 771 g/mol. The Morgan fingerprint density at radius 3 is 1.85 bits per heavy atom. The average Bonchev–Trinajstić information content (AvgIpc) is 3.96. The number of thiophene rings is 1. The van der Waals surface area contributed by atoms with Gasteiger partial charge >= 0.3 is 0 Å². The molecule has 13 rings (SSSR count). The Balaban J connectivity index is 1.15. The number of hydrogen-bond donors (Lipinski definition) is 0. The molecule has 0 fully saturated rings. The van der Waals surface area contributed by atoms with Crippen molar-refractivity contribution >= 4 is 96.8 Å². The number of benzene rings is 9. The lowest BCUT2D eigenvalue weighted by Gasteiger charge is -2.15. The van der Waals surface area contributed by atoms with Crippen molar-refractivity contribution in [3.05, 3.63) is 182 Å². The van der Waals surface area contributed by atoms with E-state index in [0.717, 1.165) is 66.1 Å². The highest BCUT2D eigenvalue weighted by Gasteiger charge is 2.25. The molecule has 0 amide bonds. The minimum absolute atomic E-state index is 0.543. The molecule has 0 atom stereocenters. The lowest BCUT2D eigenvalue weighted by molar-refractivity contribution is 0.669. The van der Waals surface area contributed by atoms with E-state index < -0.39 is 0 Å². The molecular formula is C53H30N4OS. The molecule has 0 aliphatic rings. The number of rotatable bonds is 4. The van der Waals surface area contributed by atoms with Gasteiger partial charge in [-0.15, -0.1) is 11.3 Å². The van der Waals surface area contributed by atoms with Crippen molar-refractivity contribution in [3.63, 3.8) is 0 Å². The van der Waals surface area contributed by atoms with E-state index in [0.29, 0.717) is 17.5 Å². The van der Waals surface area contributed by atoms with E-state index in [9.17, 15) is 0 Å². The van der Waals surface area contributed by atoms with Crippen LogP contribution in [0.2, 0.25) is 0 Å². The van der Waals surface area contributed by atoms with Crippen molar-refractivity contribution in [1.82, 2.24) is 19.5 Å². The molecule has 59 heavy (non-hydrogen) atoms. The Hall–Kier alpha value is -7.67. The highest BCUT2D eigenvalue weighted by Crippen LogP contribution is 2.44. The van der Waals surface area contributed by atoms with Crippen molar-refractivity contribution in [2.45, 2.75) is 0 Å². The summed E-state index contributed by atoms with van der Waals surface area (Å²) >= 11 is 1.79. The smallest absolute Gasteiger partial charge is 0.170 e. The number of aromatic nitrogens is 4. The molecule has 0 radical (unpaired) electrons. The fraction of sp³-hybridized carbons (Fsp3) is 0. The molecule has 0 aliphatic heterocycles. The van der Waals surface area contributed by atoms with Crippen LogP contribution in [-0.2, 0) is 0 Å². The Bertz CT molecular complexity index is 3870. The molecule has 274 valence electrons. The van der Waals surface area contributed by atoms with Gasteiger partial charge in [-0.2, -0.15) is 0 Å². The van der Waals surface area contributed by atoms with Crippen molar-refractivity contribution in [3.8, 4) is 39.9 Å². The Morgan fingerprint density at radius 1 is 0.390 bits per heavy atom. The van der Waals surface area contributed by atoms with Crippen molar-refractivity contribution in [2.24, 2.45) is 0 Å². The summed E-state index contributed by atoms with van der Waals surface area (Å²) in [5, 5.41) is 11.6. The summed E-state index contributed by atoms with van der Waals surface area (Å²) in [5.41, 5.74) is 7.32. The molecule has 6 heteroatoms. The van der Waals surface area contributed by atoms with Crippen LogP contribution in [0.3, 0.4) is 0 Å². The van der Waals surface area contributed by atoms with Crippen LogP contribution in [0.4, 0.5) is 0 Å². The highest BCUT2D eigenvalue weighted by molar-refractivity contribution is 7.25. The van der Waals surface area contributed by atoms with Crippen LogP contribution in [0, 0.1) is 0 Å². The highest BCUT2D eigenvalue weighted by atomic mass is 32.1. The van der Waals surface area contributed by atoms with Gasteiger partial charge in [0.25, 0.3) is 0 Å². The lowest BCUT2D eigenvalue weighted by atomic mass is 10.0. The molecule has 4 aromatic heterocycles. The number of furan rings is 1. The number of hydrogen-bond acceptors (Lipinski definition) is 5. The van der Waals surface area contributed by atoms with E-state index >= 15 is 0 Å². The standard InChI is InChI=1S/C53H30N4OS/c1-2-12-32-27-35(22-21-31(32)11-1)51-54-52(36-23-24-40-39-17-7-10-20-47(39)59-48(40)30-36)56-53(55-51)49-44(26-25-41-38-16-6-9-19-46(38)58-50(41)49)57-43-18-8-5-15-37(43)42-28-33-13-3-4-14-34(33)29-45(42)57/h1-30H. The van der Waals surface area contributed by atoms with Gasteiger partial charge in [0.05, 0.1) is 22.3 Å². The van der Waals surface area contributed by atoms with E-state index in [1.165, 1.54) is 41.7 Å². The predicted octanol–water partition coefficient (Wildman–Crippen LogP) is 14.5. The third-order valence-electron chi connectivity index (χ3n) is 11.8. The second-order valence-electron chi connectivity index (χ2n) is 15.2. The Labute approximate surface area is 341 Å². The predicted molar refractivity (Wildman–Crippen MR) is 246 cm³/mol. The van der Waals surface area contributed by atoms with Gasteiger partial charge < -0.3 is 8.98 Å². The Morgan fingerprint density at radius 2 is 1.00 bits per heavy atom. The molecular weight excluding hydrogens is 741 g/mol. The molecule has 0 saturated heterocycles. The molecule has 0 bridgehead atoms.